The fourth-order valence-electron chi connectivity index (χ4n) is 1.44. The molecule has 0 atom stereocenters. The minimum atomic E-state index is -0.195. The highest BCUT2D eigenvalue weighted by molar-refractivity contribution is 5.69. The predicted octanol–water partition coefficient (Wildman–Crippen LogP) is 2.17. The molecule has 1 rings (SSSR count). The lowest BCUT2D eigenvalue weighted by atomic mass is 10.1. The van der Waals surface area contributed by atoms with Crippen molar-refractivity contribution >= 4 is 11.7 Å². The van der Waals surface area contributed by atoms with Crippen LogP contribution in [0, 0.1) is 0 Å². The van der Waals surface area contributed by atoms with Gasteiger partial charge in [0.2, 0.25) is 0 Å². The van der Waals surface area contributed by atoms with E-state index in [1.807, 2.05) is 38.1 Å². The summed E-state index contributed by atoms with van der Waals surface area (Å²) in [6.07, 6.45) is 1.22. The van der Waals surface area contributed by atoms with Crippen molar-refractivity contribution < 1.29 is 14.3 Å². The first-order valence-electron chi connectivity index (χ1n) is 6.19. The summed E-state index contributed by atoms with van der Waals surface area (Å²) in [6.45, 7) is 4.66. The summed E-state index contributed by atoms with van der Waals surface area (Å²) in [5, 5.41) is 0. The Labute approximate surface area is 108 Å². The number of ether oxygens (including phenoxy) is 2. The molecule has 0 saturated heterocycles. The number of nitrogens with two attached hydrogens (primary N) is 1. The van der Waals surface area contributed by atoms with Crippen LogP contribution in [0.4, 0.5) is 5.69 Å². The average molecular weight is 251 g/mol. The summed E-state index contributed by atoms with van der Waals surface area (Å²) in [7, 11) is 0. The average Bonchev–Trinajstić information content (AvgIpc) is 2.34. The Kier molecular flexibility index (Phi) is 6.22. The van der Waals surface area contributed by atoms with Crippen molar-refractivity contribution in [2.24, 2.45) is 0 Å². The summed E-state index contributed by atoms with van der Waals surface area (Å²) >= 11 is 0. The van der Waals surface area contributed by atoms with Gasteiger partial charge in [0.1, 0.15) is 6.61 Å². The lowest BCUT2D eigenvalue weighted by Crippen LogP contribution is -2.13. The Balaban J connectivity index is 2.15. The van der Waals surface area contributed by atoms with Crippen LogP contribution in [0.15, 0.2) is 24.3 Å². The molecule has 0 fully saturated rings. The van der Waals surface area contributed by atoms with E-state index in [0.29, 0.717) is 26.1 Å². The number of carbonyl (C=O) groups is 1. The largest absolute Gasteiger partial charge is 0.463 e. The molecule has 4 nitrogen and oxygen atoms in total. The van der Waals surface area contributed by atoms with Gasteiger partial charge < -0.3 is 15.2 Å². The Morgan fingerprint density at radius 1 is 1.22 bits per heavy atom. The van der Waals surface area contributed by atoms with Crippen LogP contribution in [0.3, 0.4) is 0 Å². The number of anilines is 1. The molecule has 2 N–H and O–H groups in total. The molecule has 100 valence electrons. The maximum Gasteiger partial charge on any atom is 0.306 e. The number of carbonyl (C=O) groups excluding carboxylic acids is 1. The molecule has 4 heteroatoms. The van der Waals surface area contributed by atoms with E-state index in [2.05, 4.69) is 0 Å². The van der Waals surface area contributed by atoms with Crippen molar-refractivity contribution in [3.8, 4) is 0 Å². The predicted molar refractivity (Wildman–Crippen MR) is 71.2 cm³/mol. The van der Waals surface area contributed by atoms with Crippen molar-refractivity contribution in [1.29, 1.82) is 0 Å². The highest BCUT2D eigenvalue weighted by Crippen LogP contribution is 2.08. The molecular weight excluding hydrogens is 230 g/mol. The second-order valence-electron chi connectivity index (χ2n) is 4.38. The van der Waals surface area contributed by atoms with Crippen LogP contribution < -0.4 is 5.73 Å². The summed E-state index contributed by atoms with van der Waals surface area (Å²) in [6, 6.07) is 7.50. The Morgan fingerprint density at radius 2 is 1.89 bits per heavy atom. The van der Waals surface area contributed by atoms with Crippen LogP contribution >= 0.6 is 0 Å². The third kappa shape index (κ3) is 6.25. The van der Waals surface area contributed by atoms with Gasteiger partial charge in [-0.25, -0.2) is 0 Å². The van der Waals surface area contributed by atoms with E-state index < -0.39 is 0 Å². The first kappa shape index (κ1) is 14.5. The summed E-state index contributed by atoms with van der Waals surface area (Å²) in [4.78, 5) is 11.4. The number of esters is 1. The van der Waals surface area contributed by atoms with E-state index in [4.69, 9.17) is 15.2 Å². The van der Waals surface area contributed by atoms with Crippen molar-refractivity contribution in [2.45, 2.75) is 32.8 Å². The highest BCUT2D eigenvalue weighted by atomic mass is 16.6. The maximum atomic E-state index is 11.4. The zero-order valence-electron chi connectivity index (χ0n) is 11.0. The topological polar surface area (TPSA) is 61.5 Å². The Hall–Kier alpha value is -1.55. The highest BCUT2D eigenvalue weighted by Gasteiger charge is 2.04. The van der Waals surface area contributed by atoms with Gasteiger partial charge in [0, 0.05) is 12.1 Å². The molecule has 0 aliphatic rings. The van der Waals surface area contributed by atoms with Crippen LogP contribution in [-0.2, 0) is 20.7 Å². The first-order chi connectivity index (χ1) is 8.58. The number of hydrogen-bond acceptors (Lipinski definition) is 4. The Bertz CT molecular complexity index is 360. The number of rotatable bonds is 7. The Morgan fingerprint density at radius 3 is 2.50 bits per heavy atom. The SMILES string of the molecule is CC(C)OCCOC(=O)CCc1ccc(N)cc1. The second kappa shape index (κ2) is 7.71. The zero-order chi connectivity index (χ0) is 13.4. The molecule has 0 aromatic heterocycles. The minimum Gasteiger partial charge on any atom is -0.463 e. The van der Waals surface area contributed by atoms with Crippen LogP contribution in [-0.4, -0.2) is 25.3 Å². The van der Waals surface area contributed by atoms with Crippen molar-refractivity contribution in [3.05, 3.63) is 29.8 Å². The molecule has 18 heavy (non-hydrogen) atoms. The van der Waals surface area contributed by atoms with Crippen LogP contribution in [0.1, 0.15) is 25.8 Å². The quantitative estimate of drug-likeness (QED) is 0.458. The molecule has 0 heterocycles. The monoisotopic (exact) mass is 251 g/mol. The van der Waals surface area contributed by atoms with Gasteiger partial charge in [0.05, 0.1) is 12.7 Å². The van der Waals surface area contributed by atoms with Crippen molar-refractivity contribution in [1.82, 2.24) is 0 Å². The third-order valence-electron chi connectivity index (χ3n) is 2.40. The maximum absolute atomic E-state index is 11.4. The van der Waals surface area contributed by atoms with Crippen molar-refractivity contribution in [2.75, 3.05) is 18.9 Å². The van der Waals surface area contributed by atoms with Crippen molar-refractivity contribution in [3.63, 3.8) is 0 Å². The van der Waals surface area contributed by atoms with Gasteiger partial charge in [-0.05, 0) is 38.0 Å². The van der Waals surface area contributed by atoms with Gasteiger partial charge in [0.25, 0.3) is 0 Å². The summed E-state index contributed by atoms with van der Waals surface area (Å²) in [5.41, 5.74) is 7.39. The normalized spacial score (nSPS) is 10.6. The lowest BCUT2D eigenvalue weighted by Gasteiger charge is -2.08. The molecule has 0 aliphatic heterocycles. The number of aryl methyl sites for hydroxylation is 1. The van der Waals surface area contributed by atoms with Gasteiger partial charge >= 0.3 is 5.97 Å². The van der Waals surface area contributed by atoms with Gasteiger partial charge in [-0.1, -0.05) is 12.1 Å². The second-order valence-corrected chi connectivity index (χ2v) is 4.38. The van der Waals surface area contributed by atoms with Gasteiger partial charge in [-0.3, -0.25) is 4.79 Å². The smallest absolute Gasteiger partial charge is 0.306 e. The molecule has 0 spiro atoms. The third-order valence-corrected chi connectivity index (χ3v) is 2.40. The van der Waals surface area contributed by atoms with Gasteiger partial charge in [0.15, 0.2) is 0 Å². The van der Waals surface area contributed by atoms with Crippen LogP contribution in [0.2, 0.25) is 0 Å². The molecule has 0 unspecified atom stereocenters. The molecular formula is C14H21NO3. The molecule has 0 radical (unpaired) electrons. The fourth-order valence-corrected chi connectivity index (χ4v) is 1.44. The number of benzene rings is 1. The molecule has 0 amide bonds. The zero-order valence-corrected chi connectivity index (χ0v) is 11.0. The van der Waals surface area contributed by atoms with E-state index in [0.717, 1.165) is 11.3 Å². The molecule has 1 aromatic rings. The molecule has 0 aliphatic carbocycles. The van der Waals surface area contributed by atoms with E-state index in [1.54, 1.807) is 0 Å². The van der Waals surface area contributed by atoms with E-state index >= 15 is 0 Å². The first-order valence-corrected chi connectivity index (χ1v) is 6.19. The van der Waals surface area contributed by atoms with E-state index in [9.17, 15) is 4.79 Å². The van der Waals surface area contributed by atoms with E-state index in [-0.39, 0.29) is 12.1 Å². The van der Waals surface area contributed by atoms with Gasteiger partial charge in [-0.15, -0.1) is 0 Å². The van der Waals surface area contributed by atoms with E-state index in [1.165, 1.54) is 0 Å². The van der Waals surface area contributed by atoms with Gasteiger partial charge in [-0.2, -0.15) is 0 Å². The standard InChI is InChI=1S/C14H21NO3/c1-11(2)17-9-10-18-14(16)8-5-12-3-6-13(15)7-4-12/h3-4,6-7,11H,5,8-10,15H2,1-2H3. The summed E-state index contributed by atoms with van der Waals surface area (Å²) in [5.74, 6) is -0.195. The fraction of sp³-hybridized carbons (Fsp3) is 0.500. The van der Waals surface area contributed by atoms with Crippen LogP contribution in [0.5, 0.6) is 0 Å². The number of nitrogen functional groups attached to an aromatic ring is 1. The summed E-state index contributed by atoms with van der Waals surface area (Å²) < 4.78 is 10.3. The molecule has 0 bridgehead atoms. The molecule has 0 saturated carbocycles. The lowest BCUT2D eigenvalue weighted by molar-refractivity contribution is -0.145. The van der Waals surface area contributed by atoms with Crippen LogP contribution in [0.25, 0.3) is 0 Å². The molecule has 1 aromatic carbocycles. The minimum absolute atomic E-state index is 0.165. The number of hydrogen-bond donors (Lipinski definition) is 1.